The molecule has 0 aromatic carbocycles. The van der Waals surface area contributed by atoms with Gasteiger partial charge in [-0.3, -0.25) is 4.79 Å². The number of carbonyl (C=O) groups is 1. The number of methoxy groups -OCH3 is 1. The van der Waals surface area contributed by atoms with Crippen molar-refractivity contribution in [3.05, 3.63) is 12.2 Å². The quantitative estimate of drug-likeness (QED) is 0.537. The number of unbranched alkanes of at least 4 members (excludes halogenated alkanes) is 2. The van der Waals surface area contributed by atoms with Crippen molar-refractivity contribution in [1.29, 1.82) is 0 Å². The second-order valence-electron chi connectivity index (χ2n) is 4.32. The molecule has 1 rings (SSSR count). The van der Waals surface area contributed by atoms with Gasteiger partial charge in [0.25, 0.3) is 0 Å². The highest BCUT2D eigenvalue weighted by Gasteiger charge is 2.20. The van der Waals surface area contributed by atoms with Gasteiger partial charge in [0.15, 0.2) is 0 Å². The molecule has 0 aromatic heterocycles. The lowest BCUT2D eigenvalue weighted by atomic mass is 10.0. The van der Waals surface area contributed by atoms with E-state index in [1.54, 1.807) is 7.11 Å². The zero-order valence-electron chi connectivity index (χ0n) is 10.4. The summed E-state index contributed by atoms with van der Waals surface area (Å²) in [6, 6.07) is 0. The summed E-state index contributed by atoms with van der Waals surface area (Å²) in [6.07, 6.45) is 10.3. The molecule has 2 unspecified atom stereocenters. The molecule has 3 nitrogen and oxygen atoms in total. The maximum atomic E-state index is 10.3. The summed E-state index contributed by atoms with van der Waals surface area (Å²) in [5.74, 6) is 0.404. The second kappa shape index (κ2) is 8.59. The molecule has 17 heavy (non-hydrogen) atoms. The van der Waals surface area contributed by atoms with Gasteiger partial charge < -0.3 is 9.84 Å². The van der Waals surface area contributed by atoms with E-state index in [-0.39, 0.29) is 0 Å². The van der Waals surface area contributed by atoms with E-state index < -0.39 is 5.97 Å². The van der Waals surface area contributed by atoms with Crippen molar-refractivity contribution in [2.24, 2.45) is 0 Å². The molecule has 0 spiro atoms. The number of allylic oxidation sites excluding steroid dienone is 1. The maximum Gasteiger partial charge on any atom is 0.303 e. The van der Waals surface area contributed by atoms with Crippen LogP contribution in [-0.4, -0.2) is 35.3 Å². The Bertz CT molecular complexity index is 253. The van der Waals surface area contributed by atoms with Gasteiger partial charge in [-0.05, 0) is 31.4 Å². The highest BCUT2D eigenvalue weighted by Crippen LogP contribution is 2.26. The van der Waals surface area contributed by atoms with Crippen molar-refractivity contribution in [3.63, 3.8) is 0 Å². The summed E-state index contributed by atoms with van der Waals surface area (Å²) in [5, 5.41) is 8.99. The molecule has 0 radical (unpaired) electrons. The summed E-state index contributed by atoms with van der Waals surface area (Å²) in [4.78, 5) is 10.3. The Labute approximate surface area is 108 Å². The average Bonchev–Trinajstić information content (AvgIpc) is 2.33. The molecule has 0 fully saturated rings. The van der Waals surface area contributed by atoms with Gasteiger partial charge >= 0.3 is 5.97 Å². The fourth-order valence-corrected chi connectivity index (χ4v) is 3.30. The Balaban J connectivity index is 2.07. The third-order valence-corrected chi connectivity index (χ3v) is 4.33. The van der Waals surface area contributed by atoms with Crippen molar-refractivity contribution in [2.75, 3.05) is 12.9 Å². The summed E-state index contributed by atoms with van der Waals surface area (Å²) < 4.78 is 5.46. The summed E-state index contributed by atoms with van der Waals surface area (Å²) in [6.45, 7) is 0. The van der Waals surface area contributed by atoms with Crippen LogP contribution in [0.4, 0.5) is 0 Å². The number of ether oxygens (including phenoxy) is 1. The van der Waals surface area contributed by atoms with Crippen LogP contribution in [-0.2, 0) is 9.53 Å². The summed E-state index contributed by atoms with van der Waals surface area (Å²) >= 11 is 1.93. The Morgan fingerprint density at radius 2 is 2.29 bits per heavy atom. The Hall–Kier alpha value is -0.480. The van der Waals surface area contributed by atoms with Crippen LogP contribution < -0.4 is 0 Å². The Kier molecular flexibility index (Phi) is 7.37. The van der Waals surface area contributed by atoms with E-state index in [0.29, 0.717) is 17.8 Å². The number of carboxylic acids is 1. The van der Waals surface area contributed by atoms with E-state index in [2.05, 4.69) is 12.2 Å². The van der Waals surface area contributed by atoms with E-state index in [1.807, 2.05) is 11.8 Å². The monoisotopic (exact) mass is 258 g/mol. The van der Waals surface area contributed by atoms with Crippen LogP contribution in [0.1, 0.15) is 38.5 Å². The SMILES string of the molecule is COC1CCC=CC1SCCCCCC(=O)O. The Morgan fingerprint density at radius 1 is 1.47 bits per heavy atom. The van der Waals surface area contributed by atoms with Gasteiger partial charge in [0, 0.05) is 18.8 Å². The summed E-state index contributed by atoms with van der Waals surface area (Å²) in [7, 11) is 1.78. The van der Waals surface area contributed by atoms with E-state index in [4.69, 9.17) is 9.84 Å². The van der Waals surface area contributed by atoms with Gasteiger partial charge in [0.05, 0.1) is 6.10 Å². The lowest BCUT2D eigenvalue weighted by molar-refractivity contribution is -0.137. The zero-order chi connectivity index (χ0) is 12.5. The third-order valence-electron chi connectivity index (χ3n) is 2.96. The van der Waals surface area contributed by atoms with Crippen molar-refractivity contribution in [1.82, 2.24) is 0 Å². The van der Waals surface area contributed by atoms with Gasteiger partial charge in [-0.1, -0.05) is 18.6 Å². The zero-order valence-corrected chi connectivity index (χ0v) is 11.2. The molecular weight excluding hydrogens is 236 g/mol. The van der Waals surface area contributed by atoms with Crippen LogP contribution >= 0.6 is 11.8 Å². The molecule has 4 heteroatoms. The van der Waals surface area contributed by atoms with Gasteiger partial charge in [-0.2, -0.15) is 11.8 Å². The first kappa shape index (κ1) is 14.6. The van der Waals surface area contributed by atoms with E-state index in [1.165, 1.54) is 0 Å². The molecule has 0 amide bonds. The van der Waals surface area contributed by atoms with Crippen LogP contribution in [0.15, 0.2) is 12.2 Å². The van der Waals surface area contributed by atoms with Crippen LogP contribution in [0.2, 0.25) is 0 Å². The standard InChI is InChI=1S/C13H22O3S/c1-16-11-7-4-5-8-12(11)17-10-6-2-3-9-13(14)15/h5,8,11-12H,2-4,6-7,9-10H2,1H3,(H,14,15). The lowest BCUT2D eigenvalue weighted by Gasteiger charge is -2.25. The smallest absolute Gasteiger partial charge is 0.303 e. The first-order valence-corrected chi connectivity index (χ1v) is 7.31. The molecule has 1 aliphatic rings. The Morgan fingerprint density at radius 3 is 3.00 bits per heavy atom. The highest BCUT2D eigenvalue weighted by atomic mass is 32.2. The fourth-order valence-electron chi connectivity index (χ4n) is 1.97. The molecule has 0 bridgehead atoms. The van der Waals surface area contributed by atoms with Crippen molar-refractivity contribution in [2.45, 2.75) is 49.9 Å². The topological polar surface area (TPSA) is 46.5 Å². The van der Waals surface area contributed by atoms with Crippen molar-refractivity contribution in [3.8, 4) is 0 Å². The van der Waals surface area contributed by atoms with Gasteiger partial charge in [-0.15, -0.1) is 0 Å². The number of thioether (sulfide) groups is 1. The first-order chi connectivity index (χ1) is 8.24. The first-order valence-electron chi connectivity index (χ1n) is 6.27. The van der Waals surface area contributed by atoms with Gasteiger partial charge in [0.2, 0.25) is 0 Å². The number of hydrogen-bond donors (Lipinski definition) is 1. The molecule has 2 atom stereocenters. The van der Waals surface area contributed by atoms with Gasteiger partial charge in [0.1, 0.15) is 0 Å². The van der Waals surface area contributed by atoms with Crippen molar-refractivity contribution < 1.29 is 14.6 Å². The maximum absolute atomic E-state index is 10.3. The molecule has 0 saturated heterocycles. The van der Waals surface area contributed by atoms with E-state index >= 15 is 0 Å². The molecule has 1 N–H and O–H groups in total. The fraction of sp³-hybridized carbons (Fsp3) is 0.769. The number of rotatable bonds is 8. The number of hydrogen-bond acceptors (Lipinski definition) is 3. The van der Waals surface area contributed by atoms with E-state index in [0.717, 1.165) is 37.9 Å². The number of carboxylic acid groups (broad SMARTS) is 1. The minimum Gasteiger partial charge on any atom is -0.481 e. The lowest BCUT2D eigenvalue weighted by Crippen LogP contribution is -2.26. The molecule has 0 aromatic rings. The third kappa shape index (κ3) is 6.13. The highest BCUT2D eigenvalue weighted by molar-refractivity contribution is 8.00. The van der Waals surface area contributed by atoms with Crippen LogP contribution in [0, 0.1) is 0 Å². The molecule has 98 valence electrons. The molecule has 0 heterocycles. The second-order valence-corrected chi connectivity index (χ2v) is 5.61. The largest absolute Gasteiger partial charge is 0.481 e. The molecular formula is C13H22O3S. The summed E-state index contributed by atoms with van der Waals surface area (Å²) in [5.41, 5.74) is 0. The van der Waals surface area contributed by atoms with Gasteiger partial charge in [-0.25, -0.2) is 0 Å². The van der Waals surface area contributed by atoms with Crippen LogP contribution in [0.5, 0.6) is 0 Å². The molecule has 0 aliphatic heterocycles. The predicted molar refractivity (Wildman–Crippen MR) is 71.5 cm³/mol. The molecule has 1 aliphatic carbocycles. The average molecular weight is 258 g/mol. The van der Waals surface area contributed by atoms with E-state index in [9.17, 15) is 4.79 Å². The molecule has 0 saturated carbocycles. The van der Waals surface area contributed by atoms with Crippen LogP contribution in [0.3, 0.4) is 0 Å². The number of aliphatic carboxylic acids is 1. The van der Waals surface area contributed by atoms with Crippen LogP contribution in [0.25, 0.3) is 0 Å². The minimum absolute atomic E-state index is 0.300. The minimum atomic E-state index is -0.688. The van der Waals surface area contributed by atoms with Crippen molar-refractivity contribution >= 4 is 17.7 Å². The normalized spacial score (nSPS) is 23.8. The predicted octanol–water partition coefficient (Wildman–Crippen LogP) is 3.10.